The number of fused-ring (bicyclic) bond motifs is 1. The molecule has 2 rings (SSSR count). The lowest BCUT2D eigenvalue weighted by molar-refractivity contribution is -0.137. The second-order valence-electron chi connectivity index (χ2n) is 5.70. The van der Waals surface area contributed by atoms with E-state index in [-0.39, 0.29) is 24.0 Å². The molecule has 1 heterocycles. The predicted octanol–water partition coefficient (Wildman–Crippen LogP) is 1.99. The topological polar surface area (TPSA) is 102 Å². The third-order valence-electron chi connectivity index (χ3n) is 3.84. The molecule has 2 amide bonds. The minimum atomic E-state index is -4.52. The average Bonchev–Trinajstić information content (AvgIpc) is 2.74. The van der Waals surface area contributed by atoms with Crippen LogP contribution in [0.25, 0.3) is 0 Å². The monoisotopic (exact) mass is 378 g/mol. The zero-order valence-electron chi connectivity index (χ0n) is 13.3. The van der Waals surface area contributed by atoms with Crippen molar-refractivity contribution in [3.63, 3.8) is 0 Å². The van der Waals surface area contributed by atoms with Gasteiger partial charge in [0, 0.05) is 18.5 Å². The van der Waals surface area contributed by atoms with Gasteiger partial charge in [-0.05, 0) is 24.1 Å². The number of hydrogen-bond donors (Lipinski definition) is 2. The fraction of sp³-hybridized carbons (Fsp3) is 0.400. The van der Waals surface area contributed by atoms with Crippen LogP contribution in [0.5, 0.6) is 0 Å². The van der Waals surface area contributed by atoms with E-state index in [4.69, 9.17) is 11.5 Å². The Hall–Kier alpha value is -2.72. The number of benzene rings is 1. The number of aliphatic imine (C=N–C) groups is 1. The molecule has 0 spiro atoms. The Kier molecular flexibility index (Phi) is 5.47. The Morgan fingerprint density at radius 1 is 1.19 bits per heavy atom. The van der Waals surface area contributed by atoms with Crippen molar-refractivity contribution in [3.05, 3.63) is 34.9 Å². The first-order valence-electron chi connectivity index (χ1n) is 7.48. The van der Waals surface area contributed by atoms with Crippen LogP contribution in [0.4, 0.5) is 22.0 Å². The molecule has 6 nitrogen and oxygen atoms in total. The number of carbonyl (C=O) groups is 2. The molecule has 26 heavy (non-hydrogen) atoms. The summed E-state index contributed by atoms with van der Waals surface area (Å²) in [5, 5.41) is 0. The molecule has 1 unspecified atom stereocenters. The van der Waals surface area contributed by atoms with Crippen LogP contribution in [0, 0.1) is 11.6 Å². The largest absolute Gasteiger partial charge is 0.390 e. The first-order chi connectivity index (χ1) is 12.0. The molecule has 11 heteroatoms. The summed E-state index contributed by atoms with van der Waals surface area (Å²) in [7, 11) is 0. The van der Waals surface area contributed by atoms with Gasteiger partial charge in [0.15, 0.2) is 17.6 Å². The lowest BCUT2D eigenvalue weighted by atomic mass is 10.00. The quantitative estimate of drug-likeness (QED) is 0.465. The first-order valence-corrected chi connectivity index (χ1v) is 7.48. The van der Waals surface area contributed by atoms with Gasteiger partial charge in [-0.1, -0.05) is 0 Å². The number of nitrogens with zero attached hydrogens (tertiary/aromatic N) is 2. The number of carbonyl (C=O) groups excluding carboxylic acids is 2. The number of hydrogen-bond acceptors (Lipinski definition) is 2. The molecule has 0 radical (unpaired) electrons. The SMILES string of the molecule is NC(N)=NC(=O)CCC1c2cc(F)c(F)cc2C(=O)N1CCC(F)(F)F. The third kappa shape index (κ3) is 4.46. The summed E-state index contributed by atoms with van der Waals surface area (Å²) < 4.78 is 64.5. The van der Waals surface area contributed by atoms with Crippen molar-refractivity contribution in [1.29, 1.82) is 0 Å². The molecule has 0 saturated heterocycles. The zero-order chi connectivity index (χ0) is 19.6. The summed E-state index contributed by atoms with van der Waals surface area (Å²) >= 11 is 0. The lowest BCUT2D eigenvalue weighted by Crippen LogP contribution is -2.32. The highest BCUT2D eigenvalue weighted by atomic mass is 19.4. The van der Waals surface area contributed by atoms with Crippen molar-refractivity contribution in [3.8, 4) is 0 Å². The van der Waals surface area contributed by atoms with E-state index in [0.717, 1.165) is 11.0 Å². The van der Waals surface area contributed by atoms with Crippen LogP contribution in [0.1, 0.15) is 41.2 Å². The van der Waals surface area contributed by atoms with Crippen molar-refractivity contribution in [2.45, 2.75) is 31.5 Å². The Morgan fingerprint density at radius 3 is 2.38 bits per heavy atom. The standard InChI is InChI=1S/C15H15F5N4O2/c16-9-5-7-8(6-10(9)17)13(26)24(4-3-15(18,19)20)11(7)1-2-12(25)23-14(21)22/h5-6,11H,1-4H2,(H4,21,22,23,25). The van der Waals surface area contributed by atoms with Gasteiger partial charge in [0.1, 0.15) is 0 Å². The van der Waals surface area contributed by atoms with Crippen LogP contribution in [0.15, 0.2) is 17.1 Å². The highest BCUT2D eigenvalue weighted by Crippen LogP contribution is 2.38. The molecule has 1 aromatic rings. The molecule has 4 N–H and O–H groups in total. The number of rotatable bonds is 5. The molecule has 0 saturated carbocycles. The first kappa shape index (κ1) is 19.6. The van der Waals surface area contributed by atoms with Gasteiger partial charge in [0.25, 0.3) is 5.91 Å². The molecule has 0 fully saturated rings. The summed E-state index contributed by atoms with van der Waals surface area (Å²) in [5.74, 6) is -4.62. The number of guanidine groups is 1. The number of nitrogens with two attached hydrogens (primary N) is 2. The van der Waals surface area contributed by atoms with Gasteiger partial charge in [-0.25, -0.2) is 8.78 Å². The Bertz CT molecular complexity index is 759. The molecule has 1 atom stereocenters. The smallest absolute Gasteiger partial charge is 0.370 e. The third-order valence-corrected chi connectivity index (χ3v) is 3.84. The summed E-state index contributed by atoms with van der Waals surface area (Å²) in [6, 6.07) is 0.380. The minimum Gasteiger partial charge on any atom is -0.370 e. The molecule has 1 aliphatic rings. The maximum Gasteiger partial charge on any atom is 0.390 e. The van der Waals surface area contributed by atoms with E-state index in [1.165, 1.54) is 0 Å². The Labute approximate surface area is 144 Å². The molecule has 1 aliphatic heterocycles. The molecular weight excluding hydrogens is 363 g/mol. The van der Waals surface area contributed by atoms with Crippen molar-refractivity contribution in [1.82, 2.24) is 4.90 Å². The molecule has 0 bridgehead atoms. The van der Waals surface area contributed by atoms with Gasteiger partial charge in [-0.3, -0.25) is 9.59 Å². The van der Waals surface area contributed by atoms with Crippen LogP contribution >= 0.6 is 0 Å². The Morgan fingerprint density at radius 2 is 1.81 bits per heavy atom. The van der Waals surface area contributed by atoms with Crippen molar-refractivity contribution < 1.29 is 31.5 Å². The van der Waals surface area contributed by atoms with Gasteiger partial charge in [-0.15, -0.1) is 0 Å². The van der Waals surface area contributed by atoms with E-state index in [0.29, 0.717) is 6.07 Å². The number of amides is 2. The normalized spacial score (nSPS) is 16.6. The van der Waals surface area contributed by atoms with Crippen LogP contribution < -0.4 is 11.5 Å². The highest BCUT2D eigenvalue weighted by Gasteiger charge is 2.40. The summed E-state index contributed by atoms with van der Waals surface area (Å²) in [6.07, 6.45) is -6.26. The molecule has 142 valence electrons. The second kappa shape index (κ2) is 7.26. The van der Waals surface area contributed by atoms with Crippen molar-refractivity contribution in [2.75, 3.05) is 6.54 Å². The van der Waals surface area contributed by atoms with E-state index >= 15 is 0 Å². The van der Waals surface area contributed by atoms with Gasteiger partial charge in [0.2, 0.25) is 5.91 Å². The predicted molar refractivity (Wildman–Crippen MR) is 80.9 cm³/mol. The minimum absolute atomic E-state index is 0.0218. The van der Waals surface area contributed by atoms with Gasteiger partial charge >= 0.3 is 6.18 Å². The van der Waals surface area contributed by atoms with Gasteiger partial charge < -0.3 is 16.4 Å². The maximum atomic E-state index is 13.5. The van der Waals surface area contributed by atoms with E-state index in [2.05, 4.69) is 4.99 Å². The van der Waals surface area contributed by atoms with Crippen LogP contribution in [0.3, 0.4) is 0 Å². The molecule has 0 aromatic heterocycles. The summed E-state index contributed by atoms with van der Waals surface area (Å²) in [6.45, 7) is -0.707. The summed E-state index contributed by atoms with van der Waals surface area (Å²) in [5.41, 5.74) is 9.91. The van der Waals surface area contributed by atoms with Crippen LogP contribution in [-0.2, 0) is 4.79 Å². The zero-order valence-corrected chi connectivity index (χ0v) is 13.3. The number of alkyl halides is 3. The Balaban J connectivity index is 2.29. The average molecular weight is 378 g/mol. The summed E-state index contributed by atoms with van der Waals surface area (Å²) in [4.78, 5) is 28.0. The van der Waals surface area contributed by atoms with Crippen LogP contribution in [0.2, 0.25) is 0 Å². The van der Waals surface area contributed by atoms with E-state index in [1.54, 1.807) is 0 Å². The lowest BCUT2D eigenvalue weighted by Gasteiger charge is -2.25. The van der Waals surface area contributed by atoms with Crippen LogP contribution in [-0.4, -0.2) is 35.4 Å². The second-order valence-corrected chi connectivity index (χ2v) is 5.70. The maximum absolute atomic E-state index is 13.5. The molecule has 0 aliphatic carbocycles. The molecular formula is C15H15F5N4O2. The highest BCUT2D eigenvalue weighted by molar-refractivity contribution is 5.99. The van der Waals surface area contributed by atoms with E-state index in [1.807, 2.05) is 0 Å². The van der Waals surface area contributed by atoms with E-state index < -0.39 is 54.6 Å². The van der Waals surface area contributed by atoms with Crippen molar-refractivity contribution >= 4 is 17.8 Å². The van der Waals surface area contributed by atoms with Gasteiger partial charge in [0.05, 0.1) is 12.5 Å². The fourth-order valence-corrected chi connectivity index (χ4v) is 2.76. The van der Waals surface area contributed by atoms with Crippen molar-refractivity contribution in [2.24, 2.45) is 16.5 Å². The fourth-order valence-electron chi connectivity index (χ4n) is 2.76. The van der Waals surface area contributed by atoms with Gasteiger partial charge in [-0.2, -0.15) is 18.2 Å². The molecule has 1 aromatic carbocycles. The number of halogens is 5. The van der Waals surface area contributed by atoms with E-state index in [9.17, 15) is 31.5 Å².